The van der Waals surface area contributed by atoms with Crippen LogP contribution in [0.4, 0.5) is 0 Å². The summed E-state index contributed by atoms with van der Waals surface area (Å²) < 4.78 is 7.97. The number of esters is 1. The molecule has 40 heavy (non-hydrogen) atoms. The molecule has 1 heterocycles. The second-order valence-corrected chi connectivity index (χ2v) is 10.7. The average molecular weight is 554 g/mol. The van der Waals surface area contributed by atoms with E-state index in [1.165, 1.54) is 11.6 Å². The highest BCUT2D eigenvalue weighted by Crippen LogP contribution is 2.42. The van der Waals surface area contributed by atoms with E-state index in [9.17, 15) is 19.2 Å². The SMILES string of the molecule is CCCOC(=O)[C@H](Cc1ccc(-c2c(C)n(C)c(=O)n(C)c2=O)cc1)NC(=O)C1(CCCCN=[N+]=N)CCCC1. The predicted octanol–water partition coefficient (Wildman–Crippen LogP) is 3.32. The number of nitrogens with zero attached hydrogens (tertiary/aromatic N) is 4. The van der Waals surface area contributed by atoms with Crippen LogP contribution in [0, 0.1) is 17.9 Å². The second-order valence-electron chi connectivity index (χ2n) is 10.7. The van der Waals surface area contributed by atoms with Crippen LogP contribution in [-0.4, -0.2) is 40.2 Å². The lowest BCUT2D eigenvalue weighted by molar-refractivity contribution is -0.149. The zero-order valence-electron chi connectivity index (χ0n) is 24.0. The summed E-state index contributed by atoms with van der Waals surface area (Å²) in [6, 6.07) is 6.42. The number of amides is 1. The monoisotopic (exact) mass is 553 g/mol. The standard InChI is InChI=1S/C29H40N6O5/c1-5-18-40-26(37)23(32-27(38)29(14-6-7-15-29)16-8-9-17-31-33-30)19-21-10-12-22(13-11-21)24-20(2)34(3)28(39)35(4)25(24)36/h10-13,23,30H,5-9,14-19H2,1-4H3/p+1/t23-/m0/s1. The lowest BCUT2D eigenvalue weighted by Crippen LogP contribution is -2.49. The van der Waals surface area contributed by atoms with Crippen LogP contribution >= 0.6 is 0 Å². The summed E-state index contributed by atoms with van der Waals surface area (Å²) in [6.07, 6.45) is 6.66. The molecule has 0 bridgehead atoms. The molecule has 11 heteroatoms. The van der Waals surface area contributed by atoms with Gasteiger partial charge in [-0.15, -0.1) is 0 Å². The van der Waals surface area contributed by atoms with Gasteiger partial charge in [0.05, 0.1) is 12.2 Å². The molecule has 1 saturated carbocycles. The molecular formula is C29H41N6O5+. The van der Waals surface area contributed by atoms with Gasteiger partial charge in [-0.05, 0) is 50.2 Å². The number of carbonyl (C=O) groups is 2. The van der Waals surface area contributed by atoms with E-state index in [0.717, 1.165) is 48.7 Å². The molecule has 1 aliphatic carbocycles. The van der Waals surface area contributed by atoms with Crippen LogP contribution in [0.15, 0.2) is 39.0 Å². The third kappa shape index (κ3) is 7.01. The molecule has 2 N–H and O–H groups in total. The Balaban J connectivity index is 1.81. The Morgan fingerprint density at radius 1 is 1.12 bits per heavy atom. The summed E-state index contributed by atoms with van der Waals surface area (Å²) in [5, 5.41) is 6.71. The molecule has 1 aromatic heterocycles. The fourth-order valence-corrected chi connectivity index (χ4v) is 5.47. The van der Waals surface area contributed by atoms with E-state index < -0.39 is 17.4 Å². The quantitative estimate of drug-likeness (QED) is 0.169. The molecule has 1 aliphatic rings. The number of nitrogens with one attached hydrogen (secondary N) is 2. The summed E-state index contributed by atoms with van der Waals surface area (Å²) in [5.41, 5.74) is 8.00. The van der Waals surface area contributed by atoms with E-state index in [4.69, 9.17) is 10.3 Å². The highest BCUT2D eigenvalue weighted by Gasteiger charge is 2.42. The van der Waals surface area contributed by atoms with Gasteiger partial charge < -0.3 is 14.6 Å². The first kappa shape index (κ1) is 30.7. The topological polar surface area (TPSA) is 150 Å². The van der Waals surface area contributed by atoms with Crippen molar-refractivity contribution in [2.75, 3.05) is 13.2 Å². The number of unbranched alkanes of at least 4 members (excludes halogenated alkanes) is 1. The van der Waals surface area contributed by atoms with Gasteiger partial charge in [-0.25, -0.2) is 9.59 Å². The van der Waals surface area contributed by atoms with Gasteiger partial charge in [0.2, 0.25) is 10.8 Å². The molecule has 1 atom stereocenters. The lowest BCUT2D eigenvalue weighted by atomic mass is 9.79. The number of rotatable bonds is 13. The molecule has 1 fully saturated rings. The summed E-state index contributed by atoms with van der Waals surface area (Å²) in [5.74, 6) is -0.586. The van der Waals surface area contributed by atoms with Crippen LogP contribution in [0.5, 0.6) is 0 Å². The van der Waals surface area contributed by atoms with Crippen LogP contribution in [0.25, 0.3) is 11.1 Å². The zero-order chi connectivity index (χ0) is 29.3. The number of benzene rings is 1. The summed E-state index contributed by atoms with van der Waals surface area (Å²) in [6.45, 7) is 4.39. The first-order chi connectivity index (χ1) is 19.1. The highest BCUT2D eigenvalue weighted by atomic mass is 16.5. The molecule has 0 saturated heterocycles. The molecule has 3 rings (SSSR count). The summed E-state index contributed by atoms with van der Waals surface area (Å²) in [7, 11) is 3.08. The number of hydrogen-bond donors (Lipinski definition) is 2. The van der Waals surface area contributed by atoms with E-state index in [1.54, 1.807) is 26.1 Å². The van der Waals surface area contributed by atoms with Crippen molar-refractivity contribution in [3.05, 3.63) is 56.4 Å². The molecule has 11 nitrogen and oxygen atoms in total. The predicted molar refractivity (Wildman–Crippen MR) is 151 cm³/mol. The van der Waals surface area contributed by atoms with E-state index >= 15 is 0 Å². The summed E-state index contributed by atoms with van der Waals surface area (Å²) in [4.78, 5) is 54.8. The van der Waals surface area contributed by atoms with Gasteiger partial charge in [-0.2, -0.15) is 0 Å². The van der Waals surface area contributed by atoms with Crippen molar-refractivity contribution in [2.45, 2.75) is 77.7 Å². The van der Waals surface area contributed by atoms with E-state index in [1.807, 2.05) is 19.1 Å². The minimum absolute atomic E-state index is 0.119. The molecule has 0 radical (unpaired) electrons. The van der Waals surface area contributed by atoms with Crippen molar-refractivity contribution in [3.63, 3.8) is 0 Å². The molecule has 0 aliphatic heterocycles. The molecule has 2 aromatic rings. The number of carbonyl (C=O) groups excluding carboxylic acids is 2. The van der Waals surface area contributed by atoms with Crippen LogP contribution in [0.1, 0.15) is 69.5 Å². The Hall–Kier alpha value is -3.85. The van der Waals surface area contributed by atoms with Gasteiger partial charge in [-0.1, -0.05) is 50.5 Å². The second kappa shape index (κ2) is 14.0. The molecule has 1 aromatic carbocycles. The van der Waals surface area contributed by atoms with Crippen molar-refractivity contribution in [1.29, 1.82) is 5.53 Å². The average Bonchev–Trinajstić information content (AvgIpc) is 3.44. The van der Waals surface area contributed by atoms with Gasteiger partial charge in [0.25, 0.3) is 5.56 Å². The minimum atomic E-state index is -0.841. The third-order valence-electron chi connectivity index (χ3n) is 7.95. The molecular weight excluding hydrogens is 512 g/mol. The van der Waals surface area contributed by atoms with E-state index in [2.05, 4.69) is 15.3 Å². The Morgan fingerprint density at radius 3 is 2.42 bits per heavy atom. The third-order valence-corrected chi connectivity index (χ3v) is 7.95. The number of ether oxygens (including phenoxy) is 1. The van der Waals surface area contributed by atoms with Crippen LogP contribution < -0.4 is 21.5 Å². The van der Waals surface area contributed by atoms with Crippen molar-refractivity contribution < 1.29 is 14.3 Å². The van der Waals surface area contributed by atoms with Crippen molar-refractivity contribution in [2.24, 2.45) is 24.6 Å². The Morgan fingerprint density at radius 2 is 1.80 bits per heavy atom. The van der Waals surface area contributed by atoms with Gasteiger partial charge in [0.1, 0.15) is 23.2 Å². The van der Waals surface area contributed by atoms with Crippen molar-refractivity contribution in [1.82, 2.24) is 19.4 Å². The minimum Gasteiger partial charge on any atom is -0.464 e. The maximum Gasteiger partial charge on any atom is 0.330 e. The normalized spacial score (nSPS) is 14.8. The maximum atomic E-state index is 13.6. The van der Waals surface area contributed by atoms with E-state index in [0.29, 0.717) is 36.2 Å². The fourth-order valence-electron chi connectivity index (χ4n) is 5.47. The number of aromatic nitrogens is 2. The molecule has 216 valence electrons. The Kier molecular flexibility index (Phi) is 10.7. The first-order valence-electron chi connectivity index (χ1n) is 14.0. The first-order valence-corrected chi connectivity index (χ1v) is 14.0. The Labute approximate surface area is 234 Å². The zero-order valence-corrected chi connectivity index (χ0v) is 24.0. The van der Waals surface area contributed by atoms with Crippen molar-refractivity contribution in [3.8, 4) is 11.1 Å². The van der Waals surface area contributed by atoms with Crippen LogP contribution in [0.3, 0.4) is 0 Å². The number of hydrogen-bond acceptors (Lipinski definition) is 7. The van der Waals surface area contributed by atoms with Gasteiger partial charge in [0, 0.05) is 31.6 Å². The molecule has 0 unspecified atom stereocenters. The molecule has 1 amide bonds. The smallest absolute Gasteiger partial charge is 0.330 e. The lowest BCUT2D eigenvalue weighted by Gasteiger charge is -2.30. The molecule has 0 spiro atoms. The van der Waals surface area contributed by atoms with Crippen LogP contribution in [-0.2, 0) is 34.8 Å². The highest BCUT2D eigenvalue weighted by molar-refractivity contribution is 5.88. The van der Waals surface area contributed by atoms with Gasteiger partial charge >= 0.3 is 11.7 Å². The van der Waals surface area contributed by atoms with Gasteiger partial charge in [-0.3, -0.25) is 14.2 Å². The van der Waals surface area contributed by atoms with Gasteiger partial charge in [0.15, 0.2) is 0 Å². The van der Waals surface area contributed by atoms with Crippen LogP contribution in [0.2, 0.25) is 0 Å². The maximum absolute atomic E-state index is 13.6. The Bertz CT molecular complexity index is 1370. The fraction of sp³-hybridized carbons (Fsp3) is 0.586. The largest absolute Gasteiger partial charge is 0.464 e. The summed E-state index contributed by atoms with van der Waals surface area (Å²) >= 11 is 0. The van der Waals surface area contributed by atoms with E-state index in [-0.39, 0.29) is 30.2 Å². The van der Waals surface area contributed by atoms with Crippen molar-refractivity contribution >= 4 is 11.9 Å².